The molecular weight excluding hydrogens is 280 g/mol. The smallest absolute Gasteiger partial charge is 0.301 e. The van der Waals surface area contributed by atoms with E-state index in [0.717, 1.165) is 25.0 Å². The van der Waals surface area contributed by atoms with Gasteiger partial charge in [0.25, 0.3) is 5.69 Å². The number of hydrazone groups is 1. The zero-order chi connectivity index (χ0) is 15.4. The third kappa shape index (κ3) is 3.51. The summed E-state index contributed by atoms with van der Waals surface area (Å²) in [5, 5.41) is 35.3. The van der Waals surface area contributed by atoms with E-state index in [0.29, 0.717) is 18.6 Å². The molecule has 0 radical (unpaired) electrons. The molecule has 2 N–H and O–H groups in total. The highest BCUT2D eigenvalue weighted by molar-refractivity contribution is 5.89. The molecule has 0 bridgehead atoms. The molecule has 0 saturated heterocycles. The molecule has 1 unspecified atom stereocenters. The Morgan fingerprint density at radius 1 is 1.24 bits per heavy atom. The molecule has 1 aromatic carbocycles. The number of aliphatic hydroxyl groups excluding tert-OH is 1. The normalized spacial score (nSPS) is 20.2. The number of non-ortho nitro benzene ring substituents is 1. The van der Waals surface area contributed by atoms with Crippen LogP contribution in [0.5, 0.6) is 0 Å². The summed E-state index contributed by atoms with van der Waals surface area (Å²) in [7, 11) is 0. The van der Waals surface area contributed by atoms with Crippen LogP contribution in [0.1, 0.15) is 25.7 Å². The van der Waals surface area contributed by atoms with Gasteiger partial charge in [-0.15, -0.1) is 0 Å². The van der Waals surface area contributed by atoms with Gasteiger partial charge in [-0.1, -0.05) is 6.42 Å². The Kier molecular flexibility index (Phi) is 4.43. The molecule has 0 amide bonds. The van der Waals surface area contributed by atoms with Crippen molar-refractivity contribution in [3.8, 4) is 0 Å². The fourth-order valence-electron chi connectivity index (χ4n) is 2.12. The van der Waals surface area contributed by atoms with Crippen molar-refractivity contribution in [2.45, 2.75) is 31.8 Å². The Hall–Kier alpha value is -2.55. The molecule has 9 heteroatoms. The largest absolute Gasteiger partial charge is 0.387 e. The van der Waals surface area contributed by atoms with Gasteiger partial charge in [-0.05, 0) is 25.3 Å². The number of rotatable bonds is 4. The average molecular weight is 294 g/mol. The number of nitro groups is 2. The summed E-state index contributed by atoms with van der Waals surface area (Å²) >= 11 is 0. The Morgan fingerprint density at radius 2 is 2.00 bits per heavy atom. The molecule has 9 nitrogen and oxygen atoms in total. The third-order valence-corrected chi connectivity index (χ3v) is 3.25. The van der Waals surface area contributed by atoms with Crippen molar-refractivity contribution in [3.63, 3.8) is 0 Å². The second kappa shape index (κ2) is 6.27. The van der Waals surface area contributed by atoms with Crippen molar-refractivity contribution in [2.75, 3.05) is 5.43 Å². The lowest BCUT2D eigenvalue weighted by atomic mass is 9.96. The number of nitrogens with one attached hydrogen (secondary N) is 1. The van der Waals surface area contributed by atoms with E-state index in [-0.39, 0.29) is 11.4 Å². The van der Waals surface area contributed by atoms with Crippen LogP contribution in [0.2, 0.25) is 0 Å². The van der Waals surface area contributed by atoms with E-state index in [9.17, 15) is 25.3 Å². The van der Waals surface area contributed by atoms with Crippen LogP contribution in [-0.2, 0) is 0 Å². The second-order valence-corrected chi connectivity index (χ2v) is 4.69. The number of nitrogens with zero attached hydrogens (tertiary/aromatic N) is 3. The average Bonchev–Trinajstić information content (AvgIpc) is 2.46. The molecule has 0 aromatic heterocycles. The minimum Gasteiger partial charge on any atom is -0.387 e. The number of nitro benzene ring substituents is 2. The minimum atomic E-state index is -0.715. The van der Waals surface area contributed by atoms with Crippen LogP contribution in [0.3, 0.4) is 0 Å². The zero-order valence-corrected chi connectivity index (χ0v) is 11.1. The summed E-state index contributed by atoms with van der Waals surface area (Å²) in [4.78, 5) is 20.2. The van der Waals surface area contributed by atoms with Gasteiger partial charge < -0.3 is 5.11 Å². The van der Waals surface area contributed by atoms with Crippen LogP contribution in [0.15, 0.2) is 23.3 Å². The first kappa shape index (κ1) is 14.9. The maximum Gasteiger partial charge on any atom is 0.301 e. The van der Waals surface area contributed by atoms with Crippen molar-refractivity contribution in [2.24, 2.45) is 5.10 Å². The highest BCUT2D eigenvalue weighted by Gasteiger charge is 2.21. The van der Waals surface area contributed by atoms with E-state index >= 15 is 0 Å². The molecule has 2 rings (SSSR count). The summed E-state index contributed by atoms with van der Waals surface area (Å²) in [6, 6.07) is 3.27. The van der Waals surface area contributed by atoms with Gasteiger partial charge in [0, 0.05) is 6.07 Å². The molecule has 1 aromatic rings. The Bertz CT molecular complexity index is 601. The second-order valence-electron chi connectivity index (χ2n) is 4.69. The standard InChI is InChI=1S/C12H14N4O5/c17-12-4-2-1-3-10(12)14-13-9-6-5-8(15(18)19)7-11(9)16(20)21/h5-7,12-13,17H,1-4H2/b14-10-. The van der Waals surface area contributed by atoms with Gasteiger partial charge >= 0.3 is 5.69 Å². The number of aliphatic hydroxyl groups is 1. The number of hydrogen-bond donors (Lipinski definition) is 2. The van der Waals surface area contributed by atoms with Gasteiger partial charge in [-0.3, -0.25) is 25.7 Å². The first-order valence-corrected chi connectivity index (χ1v) is 6.42. The molecule has 1 saturated carbocycles. The van der Waals surface area contributed by atoms with Crippen LogP contribution in [-0.4, -0.2) is 26.8 Å². The van der Waals surface area contributed by atoms with E-state index in [1.54, 1.807) is 0 Å². The summed E-state index contributed by atoms with van der Waals surface area (Å²) < 4.78 is 0. The molecule has 21 heavy (non-hydrogen) atoms. The van der Waals surface area contributed by atoms with Crippen LogP contribution in [0.4, 0.5) is 17.1 Å². The quantitative estimate of drug-likeness (QED) is 0.646. The Balaban J connectivity index is 2.25. The first-order chi connectivity index (χ1) is 9.99. The lowest BCUT2D eigenvalue weighted by molar-refractivity contribution is -0.393. The van der Waals surface area contributed by atoms with Gasteiger partial charge in [0.2, 0.25) is 0 Å². The van der Waals surface area contributed by atoms with Gasteiger partial charge in [-0.25, -0.2) is 0 Å². The fraction of sp³-hybridized carbons (Fsp3) is 0.417. The number of anilines is 1. The molecule has 1 aliphatic rings. The Morgan fingerprint density at radius 3 is 2.62 bits per heavy atom. The predicted molar refractivity (Wildman–Crippen MR) is 75.3 cm³/mol. The van der Waals surface area contributed by atoms with Gasteiger partial charge in [0.15, 0.2) is 0 Å². The lowest BCUT2D eigenvalue weighted by Crippen LogP contribution is -2.25. The summed E-state index contributed by atoms with van der Waals surface area (Å²) in [5.41, 5.74) is 2.32. The van der Waals surface area contributed by atoms with Crippen LogP contribution in [0.25, 0.3) is 0 Å². The zero-order valence-electron chi connectivity index (χ0n) is 11.1. The Labute approximate surface area is 119 Å². The van der Waals surface area contributed by atoms with Gasteiger partial charge in [-0.2, -0.15) is 5.10 Å². The molecule has 1 fully saturated rings. The van der Waals surface area contributed by atoms with E-state index < -0.39 is 21.6 Å². The van der Waals surface area contributed by atoms with Gasteiger partial charge in [0.05, 0.1) is 27.7 Å². The lowest BCUT2D eigenvalue weighted by Gasteiger charge is -2.18. The molecule has 1 aliphatic carbocycles. The number of hydrogen-bond acceptors (Lipinski definition) is 7. The fourth-order valence-corrected chi connectivity index (χ4v) is 2.12. The van der Waals surface area contributed by atoms with Crippen molar-refractivity contribution >= 4 is 22.8 Å². The van der Waals surface area contributed by atoms with E-state index in [1.807, 2.05) is 0 Å². The third-order valence-electron chi connectivity index (χ3n) is 3.25. The van der Waals surface area contributed by atoms with E-state index in [1.165, 1.54) is 6.07 Å². The SMILES string of the molecule is O=[N+]([O-])c1ccc(N/N=C2/CCCCC2O)c([N+](=O)[O-])c1. The molecule has 0 heterocycles. The molecule has 1 atom stereocenters. The minimum absolute atomic E-state index is 0.0517. The highest BCUT2D eigenvalue weighted by atomic mass is 16.6. The molecule has 112 valence electrons. The van der Waals surface area contributed by atoms with Crippen molar-refractivity contribution < 1.29 is 15.0 Å². The molecule has 0 aliphatic heterocycles. The van der Waals surface area contributed by atoms with Crippen LogP contribution >= 0.6 is 0 Å². The van der Waals surface area contributed by atoms with Crippen molar-refractivity contribution in [1.29, 1.82) is 0 Å². The van der Waals surface area contributed by atoms with E-state index in [4.69, 9.17) is 0 Å². The van der Waals surface area contributed by atoms with Crippen molar-refractivity contribution in [3.05, 3.63) is 38.4 Å². The molecular formula is C12H14N4O5. The topological polar surface area (TPSA) is 131 Å². The predicted octanol–water partition coefficient (Wildman–Crippen LogP) is 2.21. The maximum absolute atomic E-state index is 11.0. The monoisotopic (exact) mass is 294 g/mol. The molecule has 0 spiro atoms. The van der Waals surface area contributed by atoms with Crippen molar-refractivity contribution in [1.82, 2.24) is 0 Å². The van der Waals surface area contributed by atoms with Crippen LogP contribution in [0, 0.1) is 20.2 Å². The number of benzene rings is 1. The first-order valence-electron chi connectivity index (χ1n) is 6.42. The van der Waals surface area contributed by atoms with Gasteiger partial charge in [0.1, 0.15) is 5.69 Å². The van der Waals surface area contributed by atoms with E-state index in [2.05, 4.69) is 10.5 Å². The maximum atomic E-state index is 11.0. The summed E-state index contributed by atoms with van der Waals surface area (Å²) in [6.45, 7) is 0. The summed E-state index contributed by atoms with van der Waals surface area (Å²) in [6.07, 6.45) is 2.40. The highest BCUT2D eigenvalue weighted by Crippen LogP contribution is 2.29. The summed E-state index contributed by atoms with van der Waals surface area (Å²) in [5.74, 6) is 0. The van der Waals surface area contributed by atoms with Crippen LogP contribution < -0.4 is 5.43 Å².